The maximum absolute atomic E-state index is 12.4. The number of carbonyl (C=O) groups is 1. The lowest BCUT2D eigenvalue weighted by molar-refractivity contribution is 0.0935. The molecule has 1 unspecified atom stereocenters. The molecule has 0 radical (unpaired) electrons. The van der Waals surface area contributed by atoms with E-state index in [-0.39, 0.29) is 11.9 Å². The van der Waals surface area contributed by atoms with Crippen LogP contribution in [0.25, 0.3) is 10.9 Å². The fourth-order valence-corrected chi connectivity index (χ4v) is 2.61. The lowest BCUT2D eigenvalue weighted by Crippen LogP contribution is -2.26. The molecule has 112 valence electrons. The summed E-state index contributed by atoms with van der Waals surface area (Å²) < 4.78 is 0. The normalized spacial score (nSPS) is 12.3. The van der Waals surface area contributed by atoms with E-state index >= 15 is 0 Å². The van der Waals surface area contributed by atoms with Crippen LogP contribution in [0.3, 0.4) is 0 Å². The number of rotatable bonds is 3. The van der Waals surface area contributed by atoms with Crippen LogP contribution >= 0.6 is 11.6 Å². The summed E-state index contributed by atoms with van der Waals surface area (Å²) in [6, 6.07) is 9.31. The zero-order valence-corrected chi connectivity index (χ0v) is 13.1. The highest BCUT2D eigenvalue weighted by molar-refractivity contribution is 6.36. The van der Waals surface area contributed by atoms with Crippen molar-refractivity contribution in [2.45, 2.75) is 19.9 Å². The van der Waals surface area contributed by atoms with Gasteiger partial charge in [0.2, 0.25) is 0 Å². The smallest absolute Gasteiger partial charge is 0.268 e. The lowest BCUT2D eigenvalue weighted by Gasteiger charge is -2.12. The Morgan fingerprint density at radius 2 is 2.18 bits per heavy atom. The van der Waals surface area contributed by atoms with Crippen LogP contribution in [0.5, 0.6) is 0 Å². The predicted molar refractivity (Wildman–Crippen MR) is 88.2 cm³/mol. The van der Waals surface area contributed by atoms with Gasteiger partial charge in [-0.2, -0.15) is 0 Å². The lowest BCUT2D eigenvalue weighted by atomic mass is 10.1. The number of amides is 1. The number of aromatic amines is 1. The number of benzene rings is 1. The van der Waals surface area contributed by atoms with E-state index in [0.717, 1.165) is 22.0 Å². The number of hydrogen-bond donors (Lipinski definition) is 2. The summed E-state index contributed by atoms with van der Waals surface area (Å²) in [5.41, 5.74) is 3.30. The summed E-state index contributed by atoms with van der Waals surface area (Å²) in [5, 5.41) is 4.49. The Morgan fingerprint density at radius 1 is 1.36 bits per heavy atom. The molecule has 0 saturated carbocycles. The summed E-state index contributed by atoms with van der Waals surface area (Å²) in [7, 11) is 0. The zero-order valence-electron chi connectivity index (χ0n) is 12.4. The van der Waals surface area contributed by atoms with Crippen LogP contribution in [0.1, 0.15) is 34.6 Å². The second-order valence-corrected chi connectivity index (χ2v) is 5.70. The van der Waals surface area contributed by atoms with E-state index in [1.54, 1.807) is 18.5 Å². The van der Waals surface area contributed by atoms with Gasteiger partial charge in [0.1, 0.15) is 5.69 Å². The highest BCUT2D eigenvalue weighted by Crippen LogP contribution is 2.27. The fourth-order valence-electron chi connectivity index (χ4n) is 2.39. The van der Waals surface area contributed by atoms with Gasteiger partial charge in [-0.25, -0.2) is 0 Å². The van der Waals surface area contributed by atoms with E-state index in [4.69, 9.17) is 11.6 Å². The average Bonchev–Trinajstić information content (AvgIpc) is 2.97. The number of halogens is 1. The molecule has 0 bridgehead atoms. The maximum atomic E-state index is 12.4. The Balaban J connectivity index is 1.85. The predicted octanol–water partition coefficient (Wildman–Crippen LogP) is 4.02. The number of nitrogens with one attached hydrogen (secondary N) is 2. The minimum Gasteiger partial charge on any atom is -0.350 e. The molecule has 4 nitrogen and oxygen atoms in total. The molecule has 0 aliphatic rings. The second kappa shape index (κ2) is 5.81. The van der Waals surface area contributed by atoms with Crippen molar-refractivity contribution in [3.63, 3.8) is 0 Å². The molecule has 0 aliphatic carbocycles. The summed E-state index contributed by atoms with van der Waals surface area (Å²) >= 11 is 6.29. The van der Waals surface area contributed by atoms with Crippen LogP contribution in [0, 0.1) is 6.92 Å². The van der Waals surface area contributed by atoms with Crippen LogP contribution in [-0.4, -0.2) is 15.9 Å². The van der Waals surface area contributed by atoms with Gasteiger partial charge < -0.3 is 10.3 Å². The molecule has 2 aromatic heterocycles. The molecule has 0 saturated heterocycles. The third-order valence-electron chi connectivity index (χ3n) is 3.71. The average molecular weight is 314 g/mol. The second-order valence-electron chi connectivity index (χ2n) is 5.32. The molecule has 2 heterocycles. The first kappa shape index (κ1) is 14.6. The van der Waals surface area contributed by atoms with Crippen molar-refractivity contribution in [2.24, 2.45) is 0 Å². The van der Waals surface area contributed by atoms with Crippen LogP contribution in [-0.2, 0) is 0 Å². The summed E-state index contributed by atoms with van der Waals surface area (Å²) in [5.74, 6) is -0.165. The third-order valence-corrected chi connectivity index (χ3v) is 4.21. The number of hydrogen-bond acceptors (Lipinski definition) is 2. The van der Waals surface area contributed by atoms with Crippen LogP contribution < -0.4 is 5.32 Å². The molecule has 1 atom stereocenters. The Morgan fingerprint density at radius 3 is 2.91 bits per heavy atom. The summed E-state index contributed by atoms with van der Waals surface area (Å²) in [6.07, 6.45) is 3.45. The van der Waals surface area contributed by atoms with Gasteiger partial charge in [-0.15, -0.1) is 0 Å². The Hall–Kier alpha value is -2.33. The fraction of sp³-hybridized carbons (Fsp3) is 0.176. The highest BCUT2D eigenvalue weighted by atomic mass is 35.5. The molecule has 22 heavy (non-hydrogen) atoms. The standard InChI is InChI=1S/C17H16ClN3O/c1-10-5-6-14-13(16(10)18)8-15(21-14)17(22)20-11(2)12-4-3-7-19-9-12/h3-9,11,21H,1-2H3,(H,20,22). The maximum Gasteiger partial charge on any atom is 0.268 e. The summed E-state index contributed by atoms with van der Waals surface area (Å²) in [4.78, 5) is 19.6. The van der Waals surface area contributed by atoms with Crippen molar-refractivity contribution < 1.29 is 4.79 Å². The van der Waals surface area contributed by atoms with Gasteiger partial charge in [-0.1, -0.05) is 23.7 Å². The molecule has 5 heteroatoms. The van der Waals surface area contributed by atoms with E-state index in [1.807, 2.05) is 38.1 Å². The topological polar surface area (TPSA) is 57.8 Å². The van der Waals surface area contributed by atoms with Gasteiger partial charge in [-0.05, 0) is 43.2 Å². The SMILES string of the molecule is Cc1ccc2[nH]c(C(=O)NC(C)c3cccnc3)cc2c1Cl. The van der Waals surface area contributed by atoms with Crippen molar-refractivity contribution in [3.05, 3.63) is 64.6 Å². The number of nitrogens with zero attached hydrogens (tertiary/aromatic N) is 1. The van der Waals surface area contributed by atoms with Gasteiger partial charge in [0.25, 0.3) is 5.91 Å². The number of aromatic nitrogens is 2. The number of aryl methyl sites for hydroxylation is 1. The molecular formula is C17H16ClN3O. The number of carbonyl (C=O) groups excluding carboxylic acids is 1. The molecule has 0 aliphatic heterocycles. The van der Waals surface area contributed by atoms with Crippen LogP contribution in [0.15, 0.2) is 42.7 Å². The minimum absolute atomic E-state index is 0.121. The van der Waals surface area contributed by atoms with Crippen LogP contribution in [0.4, 0.5) is 0 Å². The van der Waals surface area contributed by atoms with E-state index in [0.29, 0.717) is 10.7 Å². The largest absolute Gasteiger partial charge is 0.350 e. The van der Waals surface area contributed by atoms with Gasteiger partial charge in [0, 0.05) is 23.3 Å². The molecule has 2 N–H and O–H groups in total. The van der Waals surface area contributed by atoms with Crippen molar-refractivity contribution in [3.8, 4) is 0 Å². The highest BCUT2D eigenvalue weighted by Gasteiger charge is 2.15. The Bertz CT molecular complexity index is 827. The van der Waals surface area contributed by atoms with Crippen LogP contribution in [0.2, 0.25) is 5.02 Å². The van der Waals surface area contributed by atoms with Crippen molar-refractivity contribution in [1.82, 2.24) is 15.3 Å². The van der Waals surface area contributed by atoms with Crippen molar-refractivity contribution in [1.29, 1.82) is 0 Å². The van der Waals surface area contributed by atoms with E-state index < -0.39 is 0 Å². The summed E-state index contributed by atoms with van der Waals surface area (Å²) in [6.45, 7) is 3.87. The molecule has 3 aromatic rings. The Kier molecular flexibility index (Phi) is 3.86. The monoisotopic (exact) mass is 313 g/mol. The molecule has 0 spiro atoms. The third kappa shape index (κ3) is 2.70. The molecule has 1 amide bonds. The number of fused-ring (bicyclic) bond motifs is 1. The minimum atomic E-state index is -0.165. The molecule has 1 aromatic carbocycles. The molecule has 0 fully saturated rings. The number of pyridine rings is 1. The van der Waals surface area contributed by atoms with E-state index in [1.165, 1.54) is 0 Å². The van der Waals surface area contributed by atoms with Gasteiger partial charge >= 0.3 is 0 Å². The quantitative estimate of drug-likeness (QED) is 0.767. The molecular weight excluding hydrogens is 298 g/mol. The first-order chi connectivity index (χ1) is 10.6. The first-order valence-electron chi connectivity index (χ1n) is 7.05. The van der Waals surface area contributed by atoms with Gasteiger partial charge in [0.15, 0.2) is 0 Å². The Labute approximate surface area is 133 Å². The van der Waals surface area contributed by atoms with E-state index in [2.05, 4.69) is 15.3 Å². The van der Waals surface area contributed by atoms with Crippen molar-refractivity contribution >= 4 is 28.4 Å². The van der Waals surface area contributed by atoms with Gasteiger partial charge in [-0.3, -0.25) is 9.78 Å². The van der Waals surface area contributed by atoms with Gasteiger partial charge in [0.05, 0.1) is 11.1 Å². The van der Waals surface area contributed by atoms with Crippen molar-refractivity contribution in [2.75, 3.05) is 0 Å². The van der Waals surface area contributed by atoms with E-state index in [9.17, 15) is 4.79 Å². The zero-order chi connectivity index (χ0) is 15.7. The molecule has 3 rings (SSSR count). The number of H-pyrrole nitrogens is 1. The first-order valence-corrected chi connectivity index (χ1v) is 7.42.